The van der Waals surface area contributed by atoms with Crippen LogP contribution in [0.4, 0.5) is 10.1 Å². The number of amides is 1. The molecule has 1 aromatic heterocycles. The van der Waals surface area contributed by atoms with Gasteiger partial charge in [-0.15, -0.1) is 0 Å². The quantitative estimate of drug-likeness (QED) is 0.820. The first-order valence-corrected chi connectivity index (χ1v) is 5.27. The average molecular weight is 220 g/mol. The Bertz CT molecular complexity index is 519. The van der Waals surface area contributed by atoms with Crippen molar-refractivity contribution in [3.05, 3.63) is 30.2 Å². The molecule has 0 atom stereocenters. The third kappa shape index (κ3) is 2.05. The van der Waals surface area contributed by atoms with Gasteiger partial charge in [0.2, 0.25) is 5.91 Å². The third-order valence-corrected chi connectivity index (χ3v) is 2.39. The van der Waals surface area contributed by atoms with Gasteiger partial charge in [-0.2, -0.15) is 0 Å². The van der Waals surface area contributed by atoms with Crippen LogP contribution < -0.4 is 5.32 Å². The summed E-state index contributed by atoms with van der Waals surface area (Å²) in [5, 5.41) is 3.23. The fourth-order valence-electron chi connectivity index (χ4n) is 1.61. The highest BCUT2D eigenvalue weighted by atomic mass is 19.1. The van der Waals surface area contributed by atoms with E-state index in [1.54, 1.807) is 18.2 Å². The van der Waals surface area contributed by atoms with Gasteiger partial charge in [-0.1, -0.05) is 6.92 Å². The number of H-pyrrole nitrogens is 1. The van der Waals surface area contributed by atoms with E-state index in [-0.39, 0.29) is 11.7 Å². The number of hydrogen-bond donors (Lipinski definition) is 2. The van der Waals surface area contributed by atoms with Gasteiger partial charge in [-0.25, -0.2) is 4.39 Å². The Hall–Kier alpha value is -1.84. The summed E-state index contributed by atoms with van der Waals surface area (Å²) in [5.74, 6) is -0.348. The highest BCUT2D eigenvalue weighted by molar-refractivity contribution is 5.93. The second-order valence-electron chi connectivity index (χ2n) is 3.70. The zero-order valence-electron chi connectivity index (χ0n) is 9.01. The smallest absolute Gasteiger partial charge is 0.224 e. The molecule has 4 heteroatoms. The minimum Gasteiger partial charge on any atom is -0.359 e. The third-order valence-electron chi connectivity index (χ3n) is 2.39. The topological polar surface area (TPSA) is 44.9 Å². The number of carbonyl (C=O) groups is 1. The highest BCUT2D eigenvalue weighted by Gasteiger charge is 2.05. The maximum absolute atomic E-state index is 13.3. The van der Waals surface area contributed by atoms with Crippen LogP contribution in [-0.4, -0.2) is 10.9 Å². The fourth-order valence-corrected chi connectivity index (χ4v) is 1.61. The molecule has 0 bridgehead atoms. The zero-order chi connectivity index (χ0) is 11.5. The number of nitrogens with one attached hydrogen (secondary N) is 2. The number of carbonyl (C=O) groups excluding carboxylic acids is 1. The fraction of sp³-hybridized carbons (Fsp3) is 0.250. The van der Waals surface area contributed by atoms with E-state index in [4.69, 9.17) is 0 Å². The molecule has 84 valence electrons. The van der Waals surface area contributed by atoms with Crippen molar-refractivity contribution in [3.8, 4) is 0 Å². The van der Waals surface area contributed by atoms with E-state index in [2.05, 4.69) is 10.3 Å². The molecule has 0 aliphatic carbocycles. The second-order valence-corrected chi connectivity index (χ2v) is 3.70. The Morgan fingerprint density at radius 2 is 2.31 bits per heavy atom. The number of rotatable bonds is 3. The summed E-state index contributed by atoms with van der Waals surface area (Å²) in [7, 11) is 0. The molecular weight excluding hydrogens is 207 g/mol. The van der Waals surface area contributed by atoms with Gasteiger partial charge in [0.15, 0.2) is 0 Å². The van der Waals surface area contributed by atoms with Crippen LogP contribution in [0.1, 0.15) is 19.8 Å². The van der Waals surface area contributed by atoms with Crippen LogP contribution in [0.5, 0.6) is 0 Å². The van der Waals surface area contributed by atoms with Crippen molar-refractivity contribution in [1.29, 1.82) is 0 Å². The van der Waals surface area contributed by atoms with Crippen LogP contribution in [0.2, 0.25) is 0 Å². The lowest BCUT2D eigenvalue weighted by Crippen LogP contribution is -2.10. The zero-order valence-corrected chi connectivity index (χ0v) is 9.01. The first-order chi connectivity index (χ1) is 7.70. The van der Waals surface area contributed by atoms with Gasteiger partial charge in [0, 0.05) is 29.2 Å². The van der Waals surface area contributed by atoms with Gasteiger partial charge in [-0.05, 0) is 24.6 Å². The van der Waals surface area contributed by atoms with Gasteiger partial charge in [0.25, 0.3) is 0 Å². The molecule has 2 N–H and O–H groups in total. The van der Waals surface area contributed by atoms with Crippen molar-refractivity contribution in [2.75, 3.05) is 5.32 Å². The number of benzene rings is 1. The molecule has 0 spiro atoms. The van der Waals surface area contributed by atoms with Crippen LogP contribution in [0.25, 0.3) is 10.9 Å². The summed E-state index contributed by atoms with van der Waals surface area (Å²) in [5.41, 5.74) is 1.36. The lowest BCUT2D eigenvalue weighted by Gasteiger charge is -2.04. The number of anilines is 1. The standard InChI is InChI=1S/C12H13FN2O/c1-2-3-12(16)15-8-4-5-11-9(6-8)10(13)7-14-11/h4-7,14H,2-3H2,1H3,(H,15,16). The van der Waals surface area contributed by atoms with Crippen molar-refractivity contribution >= 4 is 22.5 Å². The summed E-state index contributed by atoms with van der Waals surface area (Å²) < 4.78 is 13.3. The van der Waals surface area contributed by atoms with Gasteiger partial charge >= 0.3 is 0 Å². The largest absolute Gasteiger partial charge is 0.359 e. The predicted octanol–water partition coefficient (Wildman–Crippen LogP) is 3.05. The molecule has 0 aliphatic rings. The molecule has 0 aliphatic heterocycles. The molecule has 0 unspecified atom stereocenters. The van der Waals surface area contributed by atoms with E-state index >= 15 is 0 Å². The van der Waals surface area contributed by atoms with Crippen LogP contribution >= 0.6 is 0 Å². The van der Waals surface area contributed by atoms with E-state index in [1.807, 2.05) is 6.92 Å². The number of aromatic nitrogens is 1. The summed E-state index contributed by atoms with van der Waals surface area (Å²) in [6.45, 7) is 1.94. The van der Waals surface area contributed by atoms with Crippen molar-refractivity contribution in [1.82, 2.24) is 4.98 Å². The summed E-state index contributed by atoms with van der Waals surface area (Å²) in [6.07, 6.45) is 2.59. The van der Waals surface area contributed by atoms with Gasteiger partial charge < -0.3 is 10.3 Å². The first-order valence-electron chi connectivity index (χ1n) is 5.27. The monoisotopic (exact) mass is 220 g/mol. The van der Waals surface area contributed by atoms with E-state index in [1.165, 1.54) is 6.20 Å². The van der Waals surface area contributed by atoms with Crippen molar-refractivity contribution < 1.29 is 9.18 Å². The van der Waals surface area contributed by atoms with E-state index in [0.717, 1.165) is 11.9 Å². The van der Waals surface area contributed by atoms with Gasteiger partial charge in [0.1, 0.15) is 5.82 Å². The Morgan fingerprint density at radius 1 is 1.50 bits per heavy atom. The molecule has 1 heterocycles. The van der Waals surface area contributed by atoms with E-state index < -0.39 is 0 Å². The Kier molecular flexibility index (Phi) is 2.90. The lowest BCUT2D eigenvalue weighted by atomic mass is 10.2. The van der Waals surface area contributed by atoms with Crippen LogP contribution in [0.3, 0.4) is 0 Å². The van der Waals surface area contributed by atoms with Crippen LogP contribution in [-0.2, 0) is 4.79 Å². The molecule has 1 aromatic carbocycles. The van der Waals surface area contributed by atoms with Crippen LogP contribution in [0, 0.1) is 5.82 Å². The number of hydrogen-bond acceptors (Lipinski definition) is 1. The molecule has 2 aromatic rings. The number of halogens is 1. The lowest BCUT2D eigenvalue weighted by molar-refractivity contribution is -0.116. The molecule has 2 rings (SSSR count). The summed E-state index contributed by atoms with van der Waals surface area (Å²) in [4.78, 5) is 14.2. The molecule has 0 saturated carbocycles. The maximum atomic E-state index is 13.3. The molecule has 0 saturated heterocycles. The van der Waals surface area contributed by atoms with Crippen molar-refractivity contribution in [2.24, 2.45) is 0 Å². The van der Waals surface area contributed by atoms with Crippen molar-refractivity contribution in [3.63, 3.8) is 0 Å². The Balaban J connectivity index is 2.25. The minimum absolute atomic E-state index is 0.0437. The molecular formula is C12H13FN2O. The minimum atomic E-state index is -0.304. The number of aromatic amines is 1. The van der Waals surface area contributed by atoms with Gasteiger partial charge in [-0.3, -0.25) is 4.79 Å². The summed E-state index contributed by atoms with van der Waals surface area (Å²) >= 11 is 0. The molecule has 1 amide bonds. The van der Waals surface area contributed by atoms with Gasteiger partial charge in [0.05, 0.1) is 0 Å². The molecule has 16 heavy (non-hydrogen) atoms. The Morgan fingerprint density at radius 3 is 3.06 bits per heavy atom. The van der Waals surface area contributed by atoms with Crippen molar-refractivity contribution in [2.45, 2.75) is 19.8 Å². The first kappa shape index (κ1) is 10.7. The highest BCUT2D eigenvalue weighted by Crippen LogP contribution is 2.21. The summed E-state index contributed by atoms with van der Waals surface area (Å²) in [6, 6.07) is 5.14. The number of fused-ring (bicyclic) bond motifs is 1. The average Bonchev–Trinajstić information content (AvgIpc) is 2.61. The molecule has 0 fully saturated rings. The van der Waals surface area contributed by atoms with Crippen LogP contribution in [0.15, 0.2) is 24.4 Å². The normalized spacial score (nSPS) is 10.6. The molecule has 3 nitrogen and oxygen atoms in total. The molecule has 0 radical (unpaired) electrons. The van der Waals surface area contributed by atoms with E-state index in [9.17, 15) is 9.18 Å². The predicted molar refractivity (Wildman–Crippen MR) is 61.8 cm³/mol. The maximum Gasteiger partial charge on any atom is 0.224 e. The van der Waals surface area contributed by atoms with E-state index in [0.29, 0.717) is 17.5 Å². The second kappa shape index (κ2) is 4.35. The SMILES string of the molecule is CCCC(=O)Nc1ccc2[nH]cc(F)c2c1. The Labute approximate surface area is 92.7 Å².